The van der Waals surface area contributed by atoms with Crippen molar-refractivity contribution in [2.24, 2.45) is 0 Å². The van der Waals surface area contributed by atoms with Crippen LogP contribution in [0.3, 0.4) is 0 Å². The van der Waals surface area contributed by atoms with Gasteiger partial charge < -0.3 is 28.9 Å². The average molecular weight is 539 g/mol. The molecule has 0 bridgehead atoms. The lowest BCUT2D eigenvalue weighted by molar-refractivity contribution is -0.979. The first-order chi connectivity index (χ1) is 17.0. The van der Waals surface area contributed by atoms with Gasteiger partial charge in [0.1, 0.15) is 13.0 Å². The number of hydrogen-bond donors (Lipinski definition) is 1. The van der Waals surface area contributed by atoms with Crippen molar-refractivity contribution in [3.05, 3.63) is 57.0 Å². The van der Waals surface area contributed by atoms with Gasteiger partial charge in [0.2, 0.25) is 0 Å². The SMILES string of the molecule is COC=C(C(=O)CC(O)(C(=O)OCc1ccc([N+](=O)[O-])cc1)[N+]1([O-])CCC1)C(C)O[Si](C)(C)C(C)(C)C. The Balaban J connectivity index is 2.25. The first-order valence-electron chi connectivity index (χ1n) is 12.1. The highest BCUT2D eigenvalue weighted by Gasteiger charge is 2.57. The summed E-state index contributed by atoms with van der Waals surface area (Å²) in [7, 11) is -0.921. The summed E-state index contributed by atoms with van der Waals surface area (Å²) >= 11 is 0. The number of rotatable bonds is 12. The van der Waals surface area contributed by atoms with Crippen molar-refractivity contribution in [1.82, 2.24) is 0 Å². The lowest BCUT2D eigenvalue weighted by Crippen LogP contribution is -2.71. The number of non-ortho nitro benzene ring substituents is 1. The van der Waals surface area contributed by atoms with Crippen LogP contribution in [0, 0.1) is 15.3 Å². The van der Waals surface area contributed by atoms with Crippen molar-refractivity contribution >= 4 is 25.8 Å². The number of likely N-dealkylation sites (tertiary alicyclic amines) is 1. The zero-order valence-electron chi connectivity index (χ0n) is 22.6. The van der Waals surface area contributed by atoms with Gasteiger partial charge in [-0.25, -0.2) is 4.79 Å². The summed E-state index contributed by atoms with van der Waals surface area (Å²) in [6, 6.07) is 5.31. The van der Waals surface area contributed by atoms with Crippen LogP contribution in [0.2, 0.25) is 18.1 Å². The highest BCUT2D eigenvalue weighted by molar-refractivity contribution is 6.74. The van der Waals surface area contributed by atoms with Crippen LogP contribution in [0.1, 0.15) is 46.1 Å². The molecule has 0 saturated carbocycles. The molecule has 1 aromatic rings. The number of quaternary nitrogens is 1. The molecule has 1 N–H and O–H groups in total. The fourth-order valence-electron chi connectivity index (χ4n) is 3.70. The van der Waals surface area contributed by atoms with Crippen LogP contribution in [0.4, 0.5) is 5.69 Å². The Morgan fingerprint density at radius 1 is 1.22 bits per heavy atom. The smallest absolute Gasteiger partial charge is 0.399 e. The summed E-state index contributed by atoms with van der Waals surface area (Å²) in [6.07, 6.45) is 0.191. The van der Waals surface area contributed by atoms with Gasteiger partial charge >= 0.3 is 11.7 Å². The van der Waals surface area contributed by atoms with Gasteiger partial charge in [0.25, 0.3) is 5.69 Å². The maximum atomic E-state index is 13.4. The summed E-state index contributed by atoms with van der Waals surface area (Å²) in [5.74, 6) is -1.90. The van der Waals surface area contributed by atoms with Gasteiger partial charge in [-0.3, -0.25) is 14.9 Å². The van der Waals surface area contributed by atoms with E-state index in [0.29, 0.717) is 12.0 Å². The summed E-state index contributed by atoms with van der Waals surface area (Å²) in [6.45, 7) is 11.5. The average Bonchev–Trinajstić information content (AvgIpc) is 2.78. The Morgan fingerprint density at radius 3 is 2.22 bits per heavy atom. The van der Waals surface area contributed by atoms with Gasteiger partial charge in [0.05, 0.1) is 43.1 Å². The van der Waals surface area contributed by atoms with E-state index in [1.807, 2.05) is 13.1 Å². The lowest BCUT2D eigenvalue weighted by Gasteiger charge is -2.57. The zero-order chi connectivity index (χ0) is 28.2. The van der Waals surface area contributed by atoms with Crippen molar-refractivity contribution in [2.75, 3.05) is 20.2 Å². The molecule has 0 spiro atoms. The van der Waals surface area contributed by atoms with E-state index in [1.54, 1.807) is 6.92 Å². The third kappa shape index (κ3) is 6.82. The van der Waals surface area contributed by atoms with Crippen LogP contribution in [0.15, 0.2) is 36.1 Å². The zero-order valence-corrected chi connectivity index (χ0v) is 23.6. The van der Waals surface area contributed by atoms with Crippen molar-refractivity contribution in [3.8, 4) is 0 Å². The number of nitro benzene ring substituents is 1. The molecule has 0 amide bonds. The van der Waals surface area contributed by atoms with Gasteiger partial charge in [0.15, 0.2) is 14.1 Å². The van der Waals surface area contributed by atoms with E-state index >= 15 is 0 Å². The second-order valence-corrected chi connectivity index (χ2v) is 15.7. The van der Waals surface area contributed by atoms with E-state index < -0.39 is 47.9 Å². The van der Waals surface area contributed by atoms with Crippen LogP contribution in [0.5, 0.6) is 0 Å². The Hall–Kier alpha value is -2.64. The van der Waals surface area contributed by atoms with Crippen LogP contribution >= 0.6 is 0 Å². The van der Waals surface area contributed by atoms with E-state index in [1.165, 1.54) is 37.6 Å². The Morgan fingerprint density at radius 2 is 1.78 bits per heavy atom. The summed E-state index contributed by atoms with van der Waals surface area (Å²) in [5.41, 5.74) is -2.28. The highest BCUT2D eigenvalue weighted by Crippen LogP contribution is 2.39. The van der Waals surface area contributed by atoms with Crippen molar-refractivity contribution < 1.29 is 38.2 Å². The summed E-state index contributed by atoms with van der Waals surface area (Å²) < 4.78 is 15.4. The van der Waals surface area contributed by atoms with E-state index in [4.69, 9.17) is 13.9 Å². The molecule has 206 valence electrons. The minimum absolute atomic E-state index is 0.0459. The minimum atomic E-state index is -2.67. The predicted octanol–water partition coefficient (Wildman–Crippen LogP) is 3.94. The molecule has 37 heavy (non-hydrogen) atoms. The minimum Gasteiger partial charge on any atom is -0.630 e. The van der Waals surface area contributed by atoms with Crippen LogP contribution in [0.25, 0.3) is 0 Å². The number of hydroxylamine groups is 3. The number of aliphatic hydroxyl groups is 1. The monoisotopic (exact) mass is 538 g/mol. The van der Waals surface area contributed by atoms with Crippen LogP contribution in [-0.2, 0) is 30.1 Å². The first kappa shape index (κ1) is 30.6. The Labute approximate surface area is 218 Å². The quantitative estimate of drug-likeness (QED) is 0.0610. The maximum absolute atomic E-state index is 13.4. The topological polar surface area (TPSA) is 148 Å². The second kappa shape index (κ2) is 11.4. The number of carbonyl (C=O) groups is 2. The second-order valence-electron chi connectivity index (χ2n) is 10.9. The number of nitro groups is 1. The van der Waals surface area contributed by atoms with Crippen molar-refractivity contribution in [3.63, 3.8) is 0 Å². The normalized spacial score (nSPS) is 18.2. The van der Waals surface area contributed by atoms with Crippen LogP contribution < -0.4 is 0 Å². The number of methoxy groups -OCH3 is 1. The molecule has 1 aliphatic heterocycles. The molecule has 1 fully saturated rings. The molecule has 2 unspecified atom stereocenters. The maximum Gasteiger partial charge on any atom is 0.399 e. The number of hydrogen-bond acceptors (Lipinski definition) is 9. The molecular weight excluding hydrogens is 500 g/mol. The lowest BCUT2D eigenvalue weighted by atomic mass is 9.94. The van der Waals surface area contributed by atoms with E-state index in [9.17, 15) is 30.0 Å². The van der Waals surface area contributed by atoms with Gasteiger partial charge in [-0.15, -0.1) is 0 Å². The largest absolute Gasteiger partial charge is 0.630 e. The third-order valence-electron chi connectivity index (χ3n) is 7.25. The third-order valence-corrected chi connectivity index (χ3v) is 11.8. The summed E-state index contributed by atoms with van der Waals surface area (Å²) in [5, 5.41) is 35.3. The number of carbonyl (C=O) groups excluding carboxylic acids is 2. The molecule has 2 atom stereocenters. The fourth-order valence-corrected chi connectivity index (χ4v) is 5.06. The molecule has 12 heteroatoms. The molecule has 1 aliphatic rings. The standard InChI is InChI=1S/C25H38N2O9Si/c1-18(36-37(6,7)24(2,3)4)21(17-34-5)22(28)15-25(30,27(33)13-8-14-27)23(29)35-16-19-9-11-20(12-10-19)26(31)32/h9-12,17-18,30H,8,13-16H2,1-7H3. The van der Waals surface area contributed by atoms with E-state index in [0.717, 1.165) is 0 Å². The number of esters is 1. The fraction of sp³-hybridized carbons (Fsp3) is 0.600. The molecule has 2 rings (SSSR count). The molecule has 1 saturated heterocycles. The number of ketones is 1. The molecule has 11 nitrogen and oxygen atoms in total. The van der Waals surface area contributed by atoms with Crippen molar-refractivity contribution in [2.45, 2.75) is 77.1 Å². The molecule has 0 aliphatic carbocycles. The number of benzene rings is 1. The Bertz CT molecular complexity index is 1030. The van der Waals surface area contributed by atoms with Gasteiger partial charge in [-0.2, -0.15) is 0 Å². The highest BCUT2D eigenvalue weighted by atomic mass is 28.4. The number of ether oxygens (including phenoxy) is 2. The molecule has 1 aromatic carbocycles. The van der Waals surface area contributed by atoms with E-state index in [-0.39, 0.29) is 36.0 Å². The number of nitrogens with zero attached hydrogens (tertiary/aromatic N) is 2. The predicted molar refractivity (Wildman–Crippen MR) is 138 cm³/mol. The van der Waals surface area contributed by atoms with Gasteiger partial charge in [-0.05, 0) is 42.8 Å². The van der Waals surface area contributed by atoms with E-state index in [2.05, 4.69) is 20.8 Å². The Kier molecular flexibility index (Phi) is 9.42. The van der Waals surface area contributed by atoms with Gasteiger partial charge in [-0.1, -0.05) is 20.8 Å². The van der Waals surface area contributed by atoms with Crippen molar-refractivity contribution in [1.29, 1.82) is 0 Å². The molecule has 0 aromatic heterocycles. The molecular formula is C25H38N2O9Si. The first-order valence-corrected chi connectivity index (χ1v) is 15.0. The number of Topliss-reactive ketones (excluding diaryl/α,β-unsaturated/α-hetero) is 1. The molecule has 1 heterocycles. The molecule has 0 radical (unpaired) electrons. The van der Waals surface area contributed by atoms with Crippen LogP contribution in [-0.4, -0.2) is 66.8 Å². The van der Waals surface area contributed by atoms with Gasteiger partial charge in [0, 0.05) is 18.6 Å². The summed E-state index contributed by atoms with van der Waals surface area (Å²) in [4.78, 5) is 36.8.